The van der Waals surface area contributed by atoms with E-state index >= 15 is 0 Å². The van der Waals surface area contributed by atoms with Crippen molar-refractivity contribution in [1.82, 2.24) is 10.3 Å². The summed E-state index contributed by atoms with van der Waals surface area (Å²) in [5, 5.41) is 15.5. The minimum atomic E-state index is -0.383. The summed E-state index contributed by atoms with van der Waals surface area (Å²) in [5.41, 5.74) is 0.893. The number of nitrogens with one attached hydrogen (secondary N) is 1. The fraction of sp³-hybridized carbons (Fsp3) is 0.300. The molecule has 0 fully saturated rings. The van der Waals surface area contributed by atoms with Crippen LogP contribution in [-0.4, -0.2) is 9.91 Å². The van der Waals surface area contributed by atoms with Crippen molar-refractivity contribution < 1.29 is 9.34 Å². The summed E-state index contributed by atoms with van der Waals surface area (Å²) in [6, 6.07) is 1.57. The summed E-state index contributed by atoms with van der Waals surface area (Å²) < 4.78 is 5.29. The Morgan fingerprint density at radius 3 is 3.00 bits per heavy atom. The molecule has 0 bridgehead atoms. The van der Waals surface area contributed by atoms with Crippen LogP contribution in [0.1, 0.15) is 17.2 Å². The molecule has 0 aromatic carbocycles. The topological polar surface area (TPSA) is 81.2 Å². The van der Waals surface area contributed by atoms with Crippen LogP contribution < -0.4 is 5.32 Å². The van der Waals surface area contributed by atoms with Gasteiger partial charge in [0.15, 0.2) is 0 Å². The Balaban J connectivity index is 1.83. The monoisotopic (exact) mass is 253 g/mol. The van der Waals surface area contributed by atoms with Gasteiger partial charge < -0.3 is 9.73 Å². The minimum Gasteiger partial charge on any atom is -0.445 e. The molecule has 2 aromatic rings. The maximum absolute atomic E-state index is 10.5. The van der Waals surface area contributed by atoms with Crippen LogP contribution in [0.4, 0.5) is 5.00 Å². The van der Waals surface area contributed by atoms with Gasteiger partial charge in [-0.25, -0.2) is 4.98 Å². The molecule has 90 valence electrons. The van der Waals surface area contributed by atoms with Crippen LogP contribution in [-0.2, 0) is 13.1 Å². The van der Waals surface area contributed by atoms with Crippen molar-refractivity contribution in [3.05, 3.63) is 45.0 Å². The lowest BCUT2D eigenvalue weighted by molar-refractivity contribution is -0.380. The Morgan fingerprint density at radius 1 is 1.59 bits per heavy atom. The summed E-state index contributed by atoms with van der Waals surface area (Å²) in [5.74, 6) is 1.39. The van der Waals surface area contributed by atoms with Gasteiger partial charge in [-0.05, 0) is 12.5 Å². The van der Waals surface area contributed by atoms with Gasteiger partial charge in [0.25, 0.3) is 0 Å². The van der Waals surface area contributed by atoms with Gasteiger partial charge in [-0.1, -0.05) is 11.3 Å². The number of hydrogen-bond donors (Lipinski definition) is 1. The first-order chi connectivity index (χ1) is 8.15. The SMILES string of the molecule is Cc1cnc(CNCc2csc([N+](=O)[O-])c2)o1. The van der Waals surface area contributed by atoms with E-state index in [-0.39, 0.29) is 9.92 Å². The second kappa shape index (κ2) is 5.07. The summed E-state index contributed by atoms with van der Waals surface area (Å²) in [4.78, 5) is 14.1. The molecule has 0 atom stereocenters. The van der Waals surface area contributed by atoms with Gasteiger partial charge in [-0.2, -0.15) is 0 Å². The number of aromatic nitrogens is 1. The quantitative estimate of drug-likeness (QED) is 0.652. The fourth-order valence-electron chi connectivity index (χ4n) is 1.35. The number of rotatable bonds is 5. The van der Waals surface area contributed by atoms with E-state index < -0.39 is 0 Å². The van der Waals surface area contributed by atoms with Crippen molar-refractivity contribution in [2.45, 2.75) is 20.0 Å². The number of nitrogens with zero attached hydrogens (tertiary/aromatic N) is 2. The molecule has 0 spiro atoms. The fourth-order valence-corrected chi connectivity index (χ4v) is 2.08. The van der Waals surface area contributed by atoms with E-state index in [0.29, 0.717) is 19.0 Å². The molecule has 0 aliphatic carbocycles. The molecule has 7 heteroatoms. The highest BCUT2D eigenvalue weighted by atomic mass is 32.1. The van der Waals surface area contributed by atoms with Crippen molar-refractivity contribution in [2.24, 2.45) is 0 Å². The Bertz CT molecular complexity index is 520. The van der Waals surface area contributed by atoms with Crippen molar-refractivity contribution in [3.8, 4) is 0 Å². The Labute approximate surface area is 101 Å². The van der Waals surface area contributed by atoms with Gasteiger partial charge in [0.2, 0.25) is 5.89 Å². The van der Waals surface area contributed by atoms with Gasteiger partial charge in [0, 0.05) is 18.0 Å². The van der Waals surface area contributed by atoms with E-state index in [2.05, 4.69) is 10.3 Å². The maximum Gasteiger partial charge on any atom is 0.324 e. The highest BCUT2D eigenvalue weighted by Crippen LogP contribution is 2.22. The van der Waals surface area contributed by atoms with Gasteiger partial charge in [-0.15, -0.1) is 0 Å². The van der Waals surface area contributed by atoms with Crippen LogP contribution >= 0.6 is 11.3 Å². The van der Waals surface area contributed by atoms with Crippen LogP contribution in [0, 0.1) is 17.0 Å². The van der Waals surface area contributed by atoms with E-state index in [1.54, 1.807) is 17.6 Å². The van der Waals surface area contributed by atoms with Gasteiger partial charge in [0.1, 0.15) is 5.76 Å². The smallest absolute Gasteiger partial charge is 0.324 e. The third-order valence-corrected chi connectivity index (χ3v) is 3.02. The second-order valence-corrected chi connectivity index (χ2v) is 4.41. The molecule has 0 radical (unpaired) electrons. The predicted octanol–water partition coefficient (Wildman–Crippen LogP) is 2.24. The average molecular weight is 253 g/mol. The molecule has 6 nitrogen and oxygen atoms in total. The number of thiophene rings is 1. The molecule has 0 aliphatic rings. The Kier molecular flexibility index (Phi) is 3.50. The Morgan fingerprint density at radius 2 is 2.41 bits per heavy atom. The number of aryl methyl sites for hydroxylation is 1. The number of nitro groups is 1. The number of hydrogen-bond acceptors (Lipinski definition) is 6. The van der Waals surface area contributed by atoms with E-state index in [1.807, 2.05) is 6.92 Å². The first kappa shape index (κ1) is 11.7. The molecule has 0 unspecified atom stereocenters. The summed E-state index contributed by atoms with van der Waals surface area (Å²) in [6.45, 7) is 2.90. The molecule has 0 saturated heterocycles. The van der Waals surface area contributed by atoms with Gasteiger partial charge >= 0.3 is 5.00 Å². The highest BCUT2D eigenvalue weighted by molar-refractivity contribution is 7.13. The Hall–Kier alpha value is -1.73. The minimum absolute atomic E-state index is 0.161. The lowest BCUT2D eigenvalue weighted by Gasteiger charge is -1.98. The van der Waals surface area contributed by atoms with E-state index in [4.69, 9.17) is 4.42 Å². The van der Waals surface area contributed by atoms with Crippen LogP contribution in [0.2, 0.25) is 0 Å². The molecule has 0 aliphatic heterocycles. The molecule has 2 rings (SSSR count). The molecule has 0 saturated carbocycles. The first-order valence-corrected chi connectivity index (χ1v) is 5.87. The zero-order valence-corrected chi connectivity index (χ0v) is 9.99. The summed E-state index contributed by atoms with van der Waals surface area (Å²) in [6.07, 6.45) is 1.66. The molecule has 2 heterocycles. The molecular formula is C10H11N3O3S. The van der Waals surface area contributed by atoms with Gasteiger partial charge in [0.05, 0.1) is 17.7 Å². The van der Waals surface area contributed by atoms with Crippen molar-refractivity contribution >= 4 is 16.3 Å². The van der Waals surface area contributed by atoms with Crippen LogP contribution in [0.15, 0.2) is 22.1 Å². The lowest BCUT2D eigenvalue weighted by atomic mass is 10.3. The largest absolute Gasteiger partial charge is 0.445 e. The molecular weight excluding hydrogens is 242 g/mol. The van der Waals surface area contributed by atoms with E-state index in [9.17, 15) is 10.1 Å². The maximum atomic E-state index is 10.5. The highest BCUT2D eigenvalue weighted by Gasteiger charge is 2.09. The molecule has 1 N–H and O–H groups in total. The van der Waals surface area contributed by atoms with Crippen molar-refractivity contribution in [2.75, 3.05) is 0 Å². The molecule has 0 amide bonds. The normalized spacial score (nSPS) is 10.6. The third-order valence-electron chi connectivity index (χ3n) is 2.09. The third kappa shape index (κ3) is 3.11. The zero-order valence-electron chi connectivity index (χ0n) is 9.17. The van der Waals surface area contributed by atoms with Crippen LogP contribution in [0.5, 0.6) is 0 Å². The van der Waals surface area contributed by atoms with Crippen molar-refractivity contribution in [1.29, 1.82) is 0 Å². The average Bonchev–Trinajstić information content (AvgIpc) is 2.88. The second-order valence-electron chi connectivity index (χ2n) is 3.52. The summed E-state index contributed by atoms with van der Waals surface area (Å²) >= 11 is 1.13. The summed E-state index contributed by atoms with van der Waals surface area (Å²) in [7, 11) is 0. The van der Waals surface area contributed by atoms with Gasteiger partial charge in [-0.3, -0.25) is 10.1 Å². The van der Waals surface area contributed by atoms with Crippen molar-refractivity contribution in [3.63, 3.8) is 0 Å². The standard InChI is InChI=1S/C10H11N3O3S/c1-7-3-12-9(16-7)5-11-4-8-2-10(13(14)15)17-6-8/h2-3,6,11H,4-5H2,1H3. The van der Waals surface area contributed by atoms with Crippen LogP contribution in [0.25, 0.3) is 0 Å². The van der Waals surface area contributed by atoms with E-state index in [0.717, 1.165) is 22.7 Å². The zero-order chi connectivity index (χ0) is 12.3. The molecule has 2 aromatic heterocycles. The first-order valence-electron chi connectivity index (χ1n) is 4.99. The lowest BCUT2D eigenvalue weighted by Crippen LogP contribution is -2.12. The predicted molar refractivity (Wildman–Crippen MR) is 62.8 cm³/mol. The molecule has 17 heavy (non-hydrogen) atoms. The number of oxazole rings is 1. The van der Waals surface area contributed by atoms with Crippen LogP contribution in [0.3, 0.4) is 0 Å². The van der Waals surface area contributed by atoms with E-state index in [1.165, 1.54) is 0 Å².